The lowest BCUT2D eigenvalue weighted by molar-refractivity contribution is 0.239. The van der Waals surface area contributed by atoms with Gasteiger partial charge in [0.15, 0.2) is 5.11 Å². The Morgan fingerprint density at radius 3 is 2.53 bits per heavy atom. The first-order chi connectivity index (χ1) is 14.8. The number of pyridine rings is 1. The van der Waals surface area contributed by atoms with Crippen molar-refractivity contribution in [2.24, 2.45) is 0 Å². The zero-order valence-electron chi connectivity index (χ0n) is 17.1. The van der Waals surface area contributed by atoms with Crippen molar-refractivity contribution in [3.8, 4) is 11.4 Å². The van der Waals surface area contributed by atoms with Crippen molar-refractivity contribution < 1.29 is 4.74 Å². The number of ether oxygens (including phenoxy) is 1. The minimum atomic E-state index is 0.0196. The Morgan fingerprint density at radius 2 is 1.83 bits per heavy atom. The van der Waals surface area contributed by atoms with Crippen LogP contribution >= 0.6 is 12.2 Å². The van der Waals surface area contributed by atoms with Gasteiger partial charge in [-0.2, -0.15) is 0 Å². The Balaban J connectivity index is 1.59. The van der Waals surface area contributed by atoms with E-state index in [4.69, 9.17) is 17.0 Å². The zero-order valence-corrected chi connectivity index (χ0v) is 17.9. The summed E-state index contributed by atoms with van der Waals surface area (Å²) < 4.78 is 7.60. The quantitative estimate of drug-likeness (QED) is 0.603. The number of thiocarbonyl (C=S) groups is 1. The first-order valence-electron chi connectivity index (χ1n) is 10.6. The molecule has 0 amide bonds. The van der Waals surface area contributed by atoms with Crippen LogP contribution in [0.1, 0.15) is 49.2 Å². The fraction of sp³-hybridized carbons (Fsp3) is 0.333. The molecular weight excluding hydrogens is 392 g/mol. The summed E-state index contributed by atoms with van der Waals surface area (Å²) in [6.45, 7) is 0. The molecule has 1 N–H and O–H groups in total. The first kappa shape index (κ1) is 19.1. The van der Waals surface area contributed by atoms with Gasteiger partial charge >= 0.3 is 0 Å². The molecule has 1 saturated carbocycles. The summed E-state index contributed by atoms with van der Waals surface area (Å²) >= 11 is 5.86. The maximum atomic E-state index is 5.86. The standard InChI is InChI=1S/C24H26N4OS/c1-29-19-13-11-17(12-14-19)27-16-6-10-21(27)23-22(20-9-4-5-15-25-20)26-24(30)28(23)18-7-2-3-8-18/h4-6,9-16,18,22-23H,2-3,7-8H2,1H3,(H,26,30)/t22-,23+/m1/s1. The third kappa shape index (κ3) is 3.35. The van der Waals surface area contributed by atoms with Gasteiger partial charge in [0.25, 0.3) is 0 Å². The fourth-order valence-corrected chi connectivity index (χ4v) is 5.26. The molecular formula is C24H26N4OS. The SMILES string of the molecule is COc1ccc(-n2cccc2[C@H]2[C@@H](c3ccccn3)NC(=S)N2C2CCCC2)cc1. The highest BCUT2D eigenvalue weighted by atomic mass is 32.1. The number of nitrogens with zero attached hydrogens (tertiary/aromatic N) is 3. The van der Waals surface area contributed by atoms with Gasteiger partial charge in [-0.1, -0.05) is 18.9 Å². The molecule has 0 radical (unpaired) electrons. The number of aromatic nitrogens is 2. The molecule has 5 nitrogen and oxygen atoms in total. The number of rotatable bonds is 5. The van der Waals surface area contributed by atoms with Crippen molar-refractivity contribution in [2.75, 3.05) is 7.11 Å². The van der Waals surface area contributed by atoms with Crippen LogP contribution in [0.2, 0.25) is 0 Å². The lowest BCUT2D eigenvalue weighted by Crippen LogP contribution is -2.38. The molecule has 6 heteroatoms. The molecule has 1 aliphatic carbocycles. The number of methoxy groups -OCH3 is 1. The summed E-state index contributed by atoms with van der Waals surface area (Å²) in [6, 6.07) is 19.2. The van der Waals surface area contributed by atoms with Crippen LogP contribution in [-0.4, -0.2) is 32.7 Å². The van der Waals surface area contributed by atoms with Crippen LogP contribution in [0.5, 0.6) is 5.75 Å². The lowest BCUT2D eigenvalue weighted by Gasteiger charge is -2.33. The van der Waals surface area contributed by atoms with E-state index in [1.54, 1.807) is 7.11 Å². The summed E-state index contributed by atoms with van der Waals surface area (Å²) in [7, 11) is 1.69. The third-order valence-electron chi connectivity index (χ3n) is 6.29. The van der Waals surface area contributed by atoms with Crippen molar-refractivity contribution in [1.29, 1.82) is 0 Å². The predicted octanol–water partition coefficient (Wildman–Crippen LogP) is 4.80. The molecule has 2 fully saturated rings. The summed E-state index contributed by atoms with van der Waals surface area (Å²) in [5, 5.41) is 4.43. The maximum Gasteiger partial charge on any atom is 0.170 e. The van der Waals surface area contributed by atoms with Gasteiger partial charge in [0.2, 0.25) is 0 Å². The Kier molecular flexibility index (Phi) is 5.17. The Hall–Kier alpha value is -2.86. The van der Waals surface area contributed by atoms with Gasteiger partial charge in [0, 0.05) is 29.8 Å². The third-order valence-corrected chi connectivity index (χ3v) is 6.62. The molecule has 0 unspecified atom stereocenters. The molecule has 1 aromatic carbocycles. The van der Waals surface area contributed by atoms with Gasteiger partial charge in [-0.25, -0.2) is 0 Å². The highest BCUT2D eigenvalue weighted by Gasteiger charge is 2.44. The molecule has 154 valence electrons. The Bertz CT molecular complexity index is 1010. The van der Waals surface area contributed by atoms with Crippen molar-refractivity contribution in [3.05, 3.63) is 78.4 Å². The normalized spacial score (nSPS) is 21.8. The molecule has 2 atom stereocenters. The van der Waals surface area contributed by atoms with Gasteiger partial charge in [-0.3, -0.25) is 4.98 Å². The van der Waals surface area contributed by atoms with Crippen LogP contribution < -0.4 is 10.1 Å². The molecule has 1 saturated heterocycles. The van der Waals surface area contributed by atoms with Gasteiger partial charge in [0.1, 0.15) is 5.75 Å². The fourth-order valence-electron chi connectivity index (χ4n) is 4.87. The van der Waals surface area contributed by atoms with E-state index in [0.717, 1.165) is 22.2 Å². The summed E-state index contributed by atoms with van der Waals surface area (Å²) in [4.78, 5) is 7.11. The maximum absolute atomic E-state index is 5.86. The first-order valence-corrected chi connectivity index (χ1v) is 11.0. The smallest absolute Gasteiger partial charge is 0.170 e. The molecule has 0 bridgehead atoms. The van der Waals surface area contributed by atoms with Crippen molar-refractivity contribution in [1.82, 2.24) is 19.8 Å². The minimum absolute atomic E-state index is 0.0196. The van der Waals surface area contributed by atoms with Gasteiger partial charge in [-0.05, 0) is 73.6 Å². The number of hydrogen-bond acceptors (Lipinski definition) is 3. The molecule has 3 heterocycles. The van der Waals surface area contributed by atoms with Gasteiger partial charge < -0.3 is 19.5 Å². The van der Waals surface area contributed by atoms with E-state index < -0.39 is 0 Å². The molecule has 30 heavy (non-hydrogen) atoms. The molecule has 2 aromatic heterocycles. The van der Waals surface area contributed by atoms with Crippen LogP contribution in [0.3, 0.4) is 0 Å². The molecule has 0 spiro atoms. The van der Waals surface area contributed by atoms with Crippen LogP contribution in [0.25, 0.3) is 5.69 Å². The van der Waals surface area contributed by atoms with Crippen LogP contribution in [0.4, 0.5) is 0 Å². The van der Waals surface area contributed by atoms with E-state index >= 15 is 0 Å². The van der Waals surface area contributed by atoms with Crippen molar-refractivity contribution >= 4 is 17.3 Å². The molecule has 3 aromatic rings. The van der Waals surface area contributed by atoms with E-state index in [-0.39, 0.29) is 12.1 Å². The Labute approximate surface area is 182 Å². The van der Waals surface area contributed by atoms with E-state index in [1.165, 1.54) is 31.4 Å². The second-order valence-electron chi connectivity index (χ2n) is 7.97. The summed E-state index contributed by atoms with van der Waals surface area (Å²) in [5.41, 5.74) is 3.35. The largest absolute Gasteiger partial charge is 0.497 e. The number of nitrogens with one attached hydrogen (secondary N) is 1. The van der Waals surface area contributed by atoms with Crippen LogP contribution in [0, 0.1) is 0 Å². The average Bonchev–Trinajstić information content (AvgIpc) is 3.54. The average molecular weight is 419 g/mol. The predicted molar refractivity (Wildman–Crippen MR) is 122 cm³/mol. The Morgan fingerprint density at radius 1 is 1.03 bits per heavy atom. The van der Waals surface area contributed by atoms with Gasteiger partial charge in [-0.15, -0.1) is 0 Å². The van der Waals surface area contributed by atoms with E-state index in [0.29, 0.717) is 6.04 Å². The lowest BCUT2D eigenvalue weighted by atomic mass is 9.99. The summed E-state index contributed by atoms with van der Waals surface area (Å²) in [6.07, 6.45) is 8.90. The van der Waals surface area contributed by atoms with Crippen LogP contribution in [0.15, 0.2) is 67.0 Å². The van der Waals surface area contributed by atoms with Crippen LogP contribution in [-0.2, 0) is 0 Å². The second-order valence-corrected chi connectivity index (χ2v) is 8.36. The van der Waals surface area contributed by atoms with Crippen molar-refractivity contribution in [2.45, 2.75) is 43.8 Å². The van der Waals surface area contributed by atoms with E-state index in [2.05, 4.69) is 56.3 Å². The van der Waals surface area contributed by atoms with Gasteiger partial charge in [0.05, 0.1) is 24.9 Å². The van der Waals surface area contributed by atoms with Crippen molar-refractivity contribution in [3.63, 3.8) is 0 Å². The van der Waals surface area contributed by atoms with E-state index in [1.807, 2.05) is 30.5 Å². The topological polar surface area (TPSA) is 42.3 Å². The highest BCUT2D eigenvalue weighted by Crippen LogP contribution is 2.43. The zero-order chi connectivity index (χ0) is 20.5. The number of benzene rings is 1. The van der Waals surface area contributed by atoms with E-state index in [9.17, 15) is 0 Å². The summed E-state index contributed by atoms with van der Waals surface area (Å²) in [5.74, 6) is 0.857. The molecule has 1 aliphatic heterocycles. The second kappa shape index (κ2) is 8.11. The monoisotopic (exact) mass is 418 g/mol. The molecule has 2 aliphatic rings. The highest BCUT2D eigenvalue weighted by molar-refractivity contribution is 7.80. The number of hydrogen-bond donors (Lipinski definition) is 1. The molecule has 5 rings (SSSR count). The minimum Gasteiger partial charge on any atom is -0.497 e.